The van der Waals surface area contributed by atoms with E-state index in [0.717, 1.165) is 6.42 Å². The van der Waals surface area contributed by atoms with E-state index in [9.17, 15) is 4.79 Å². The van der Waals surface area contributed by atoms with Gasteiger partial charge in [-0.2, -0.15) is 0 Å². The number of hydrogen-bond acceptors (Lipinski definition) is 1. The van der Waals surface area contributed by atoms with Crippen LogP contribution in [0.15, 0.2) is 12.2 Å². The average molecular weight is 124 g/mol. The molecular weight excluding hydrogens is 112 g/mol. The van der Waals surface area contributed by atoms with Gasteiger partial charge in [0.25, 0.3) is 0 Å². The Morgan fingerprint density at radius 3 is 2.56 bits per heavy atom. The number of rotatable bonds is 1. The van der Waals surface area contributed by atoms with E-state index in [-0.39, 0.29) is 5.78 Å². The van der Waals surface area contributed by atoms with Crippen molar-refractivity contribution < 1.29 is 4.79 Å². The Bertz CT molecular complexity index is 145. The van der Waals surface area contributed by atoms with Crippen molar-refractivity contribution in [3.63, 3.8) is 0 Å². The number of allylic oxidation sites excluding steroid dienone is 2. The minimum Gasteiger partial charge on any atom is -0.295 e. The topological polar surface area (TPSA) is 17.1 Å². The third-order valence-electron chi connectivity index (χ3n) is 1.82. The minimum absolute atomic E-state index is 0.286. The highest BCUT2D eigenvalue weighted by atomic mass is 16.1. The van der Waals surface area contributed by atoms with Gasteiger partial charge in [0.1, 0.15) is 0 Å². The molecule has 0 amide bonds. The molecule has 1 rings (SSSR count). The Morgan fingerprint density at radius 2 is 2.33 bits per heavy atom. The quantitative estimate of drug-likeness (QED) is 0.520. The zero-order valence-corrected chi connectivity index (χ0v) is 5.92. The number of ketones is 1. The summed E-state index contributed by atoms with van der Waals surface area (Å²) in [5.74, 6) is 1.42. The summed E-state index contributed by atoms with van der Waals surface area (Å²) in [6.07, 6.45) is 4.45. The van der Waals surface area contributed by atoms with Gasteiger partial charge in [-0.3, -0.25) is 4.79 Å². The highest BCUT2D eigenvalue weighted by molar-refractivity contribution is 5.92. The van der Waals surface area contributed by atoms with Gasteiger partial charge >= 0.3 is 0 Å². The molecule has 0 saturated carbocycles. The summed E-state index contributed by atoms with van der Waals surface area (Å²) < 4.78 is 0. The molecule has 9 heavy (non-hydrogen) atoms. The van der Waals surface area contributed by atoms with Gasteiger partial charge in [0.2, 0.25) is 0 Å². The van der Waals surface area contributed by atoms with Gasteiger partial charge in [-0.1, -0.05) is 19.9 Å². The standard InChI is InChI=1S/C8H12O/c1-6(2)7-3-4-8(9)5-7/h3-4,6-7H,5H2,1-2H3. The molecule has 1 heteroatoms. The summed E-state index contributed by atoms with van der Waals surface area (Å²) in [6.45, 7) is 4.29. The van der Waals surface area contributed by atoms with E-state index in [1.54, 1.807) is 6.08 Å². The average Bonchev–Trinajstić information content (AvgIpc) is 2.14. The van der Waals surface area contributed by atoms with Crippen molar-refractivity contribution in [3.8, 4) is 0 Å². The van der Waals surface area contributed by atoms with Crippen molar-refractivity contribution in [2.75, 3.05) is 0 Å². The lowest BCUT2D eigenvalue weighted by Crippen LogP contribution is -2.03. The van der Waals surface area contributed by atoms with Gasteiger partial charge in [0, 0.05) is 6.42 Å². The molecule has 0 N–H and O–H groups in total. The van der Waals surface area contributed by atoms with Crippen LogP contribution in [0.25, 0.3) is 0 Å². The van der Waals surface area contributed by atoms with Crippen LogP contribution in [0.3, 0.4) is 0 Å². The van der Waals surface area contributed by atoms with Crippen molar-refractivity contribution in [2.24, 2.45) is 11.8 Å². The highest BCUT2D eigenvalue weighted by Crippen LogP contribution is 2.21. The number of hydrogen-bond donors (Lipinski definition) is 0. The predicted molar refractivity (Wildman–Crippen MR) is 37.1 cm³/mol. The third kappa shape index (κ3) is 1.41. The van der Waals surface area contributed by atoms with Crippen molar-refractivity contribution >= 4 is 5.78 Å². The summed E-state index contributed by atoms with van der Waals surface area (Å²) in [5.41, 5.74) is 0. The molecule has 1 nitrogen and oxygen atoms in total. The van der Waals surface area contributed by atoms with Crippen molar-refractivity contribution in [1.29, 1.82) is 0 Å². The molecule has 50 valence electrons. The maximum absolute atomic E-state index is 10.7. The molecule has 1 aliphatic rings. The molecule has 1 unspecified atom stereocenters. The first-order chi connectivity index (χ1) is 4.20. The maximum atomic E-state index is 10.7. The smallest absolute Gasteiger partial charge is 0.155 e. The van der Waals surface area contributed by atoms with Gasteiger partial charge < -0.3 is 0 Å². The molecule has 1 aliphatic carbocycles. The van der Waals surface area contributed by atoms with Gasteiger partial charge in [0.15, 0.2) is 5.78 Å². The Kier molecular flexibility index (Phi) is 1.70. The zero-order chi connectivity index (χ0) is 6.85. The minimum atomic E-state index is 0.286. The fraction of sp³-hybridized carbons (Fsp3) is 0.625. The summed E-state index contributed by atoms with van der Waals surface area (Å²) >= 11 is 0. The van der Waals surface area contributed by atoms with E-state index in [4.69, 9.17) is 0 Å². The summed E-state index contributed by atoms with van der Waals surface area (Å²) in [6, 6.07) is 0. The van der Waals surface area contributed by atoms with E-state index in [1.807, 2.05) is 6.08 Å². The summed E-state index contributed by atoms with van der Waals surface area (Å²) in [4.78, 5) is 10.7. The number of carbonyl (C=O) groups excluding carboxylic acids is 1. The van der Waals surface area contributed by atoms with Gasteiger partial charge in [0.05, 0.1) is 0 Å². The molecule has 0 spiro atoms. The molecule has 0 bridgehead atoms. The number of carbonyl (C=O) groups is 1. The Balaban J connectivity index is 2.50. The van der Waals surface area contributed by atoms with Crippen LogP contribution in [0.4, 0.5) is 0 Å². The van der Waals surface area contributed by atoms with Crippen molar-refractivity contribution in [1.82, 2.24) is 0 Å². The first-order valence-corrected chi connectivity index (χ1v) is 3.41. The molecule has 0 aliphatic heterocycles. The summed E-state index contributed by atoms with van der Waals surface area (Å²) in [7, 11) is 0. The van der Waals surface area contributed by atoms with Crippen LogP contribution in [0.2, 0.25) is 0 Å². The van der Waals surface area contributed by atoms with Crippen molar-refractivity contribution in [3.05, 3.63) is 12.2 Å². The van der Waals surface area contributed by atoms with Crippen molar-refractivity contribution in [2.45, 2.75) is 20.3 Å². The van der Waals surface area contributed by atoms with E-state index >= 15 is 0 Å². The van der Waals surface area contributed by atoms with Crippen LogP contribution in [-0.2, 0) is 4.79 Å². The fourth-order valence-electron chi connectivity index (χ4n) is 1.06. The normalized spacial score (nSPS) is 26.1. The van der Waals surface area contributed by atoms with Crippen LogP contribution in [-0.4, -0.2) is 5.78 Å². The highest BCUT2D eigenvalue weighted by Gasteiger charge is 2.17. The molecule has 0 radical (unpaired) electrons. The molecule has 0 fully saturated rings. The van der Waals surface area contributed by atoms with Gasteiger partial charge in [-0.25, -0.2) is 0 Å². The van der Waals surface area contributed by atoms with Crippen LogP contribution < -0.4 is 0 Å². The molecule has 1 atom stereocenters. The van der Waals surface area contributed by atoms with E-state index in [1.165, 1.54) is 0 Å². The van der Waals surface area contributed by atoms with Crippen LogP contribution in [0, 0.1) is 11.8 Å². The lowest BCUT2D eigenvalue weighted by Gasteiger charge is -2.08. The molecule has 0 aromatic heterocycles. The van der Waals surface area contributed by atoms with Crippen LogP contribution >= 0.6 is 0 Å². The second-order valence-corrected chi connectivity index (χ2v) is 2.94. The summed E-state index contributed by atoms with van der Waals surface area (Å²) in [5, 5.41) is 0. The third-order valence-corrected chi connectivity index (χ3v) is 1.82. The Labute approximate surface area is 55.8 Å². The maximum Gasteiger partial charge on any atom is 0.155 e. The Hall–Kier alpha value is -0.590. The molecule has 0 aromatic rings. The van der Waals surface area contributed by atoms with E-state index in [0.29, 0.717) is 11.8 Å². The van der Waals surface area contributed by atoms with Gasteiger partial charge in [-0.15, -0.1) is 0 Å². The Morgan fingerprint density at radius 1 is 1.67 bits per heavy atom. The molecular formula is C8H12O. The molecule has 0 heterocycles. The first-order valence-electron chi connectivity index (χ1n) is 3.41. The van der Waals surface area contributed by atoms with Crippen LogP contribution in [0.1, 0.15) is 20.3 Å². The van der Waals surface area contributed by atoms with E-state index < -0.39 is 0 Å². The zero-order valence-electron chi connectivity index (χ0n) is 5.92. The second kappa shape index (κ2) is 2.34. The first kappa shape index (κ1) is 6.53. The molecule has 0 aromatic carbocycles. The van der Waals surface area contributed by atoms with Crippen LogP contribution in [0.5, 0.6) is 0 Å². The lowest BCUT2D eigenvalue weighted by molar-refractivity contribution is -0.114. The predicted octanol–water partition coefficient (Wildman–Crippen LogP) is 1.79. The van der Waals surface area contributed by atoms with Gasteiger partial charge in [-0.05, 0) is 17.9 Å². The SMILES string of the molecule is CC(C)C1C=CC(=O)C1. The fourth-order valence-corrected chi connectivity index (χ4v) is 1.06. The molecule has 0 saturated heterocycles. The van der Waals surface area contributed by atoms with E-state index in [2.05, 4.69) is 13.8 Å². The largest absolute Gasteiger partial charge is 0.295 e. The lowest BCUT2D eigenvalue weighted by atomic mass is 9.96. The second-order valence-electron chi connectivity index (χ2n) is 2.94. The monoisotopic (exact) mass is 124 g/mol.